The molecule has 2 atom stereocenters. The van der Waals surface area contributed by atoms with E-state index in [9.17, 15) is 5.11 Å². The third-order valence-electron chi connectivity index (χ3n) is 3.06. The smallest absolute Gasteiger partial charge is 0.0946 e. The van der Waals surface area contributed by atoms with Gasteiger partial charge in [-0.15, -0.1) is 0 Å². The van der Waals surface area contributed by atoms with Crippen LogP contribution in [-0.4, -0.2) is 30.3 Å². The quantitative estimate of drug-likeness (QED) is 0.691. The predicted molar refractivity (Wildman–Crippen MR) is 62.1 cm³/mol. The SMILES string of the molecule is CNCC(C)(O)C1Cc2ccccc2N1. The zero-order chi connectivity index (χ0) is 10.9. The number of aliphatic hydroxyl groups is 1. The maximum absolute atomic E-state index is 10.3. The first-order valence-corrected chi connectivity index (χ1v) is 5.35. The van der Waals surface area contributed by atoms with E-state index in [1.807, 2.05) is 26.1 Å². The van der Waals surface area contributed by atoms with E-state index in [0.717, 1.165) is 12.1 Å². The summed E-state index contributed by atoms with van der Waals surface area (Å²) in [7, 11) is 1.86. The molecular weight excluding hydrogens is 188 g/mol. The number of likely N-dealkylation sites (N-methyl/N-ethyl adjacent to an activating group) is 1. The maximum atomic E-state index is 10.3. The molecule has 0 radical (unpaired) electrons. The van der Waals surface area contributed by atoms with Crippen LogP contribution >= 0.6 is 0 Å². The largest absolute Gasteiger partial charge is 0.387 e. The summed E-state index contributed by atoms with van der Waals surface area (Å²) in [5.74, 6) is 0. The molecule has 2 unspecified atom stereocenters. The topological polar surface area (TPSA) is 44.3 Å². The minimum Gasteiger partial charge on any atom is -0.387 e. The third kappa shape index (κ3) is 1.98. The molecule has 1 aliphatic rings. The van der Waals surface area contributed by atoms with Gasteiger partial charge in [-0.25, -0.2) is 0 Å². The monoisotopic (exact) mass is 206 g/mol. The summed E-state index contributed by atoms with van der Waals surface area (Å²) in [6.45, 7) is 2.46. The lowest BCUT2D eigenvalue weighted by Gasteiger charge is -2.30. The Morgan fingerprint density at radius 1 is 1.53 bits per heavy atom. The highest BCUT2D eigenvalue weighted by Gasteiger charge is 2.35. The summed E-state index contributed by atoms with van der Waals surface area (Å²) in [6.07, 6.45) is 0.894. The van der Waals surface area contributed by atoms with E-state index in [1.54, 1.807) is 0 Å². The van der Waals surface area contributed by atoms with Crippen LogP contribution in [-0.2, 0) is 6.42 Å². The molecule has 1 aromatic rings. The van der Waals surface area contributed by atoms with E-state index in [2.05, 4.69) is 22.8 Å². The van der Waals surface area contributed by atoms with Gasteiger partial charge in [-0.3, -0.25) is 0 Å². The van der Waals surface area contributed by atoms with Crippen molar-refractivity contribution in [3.05, 3.63) is 29.8 Å². The minimum atomic E-state index is -0.715. The molecule has 3 nitrogen and oxygen atoms in total. The number of nitrogens with one attached hydrogen (secondary N) is 2. The highest BCUT2D eigenvalue weighted by molar-refractivity contribution is 5.57. The lowest BCUT2D eigenvalue weighted by atomic mass is 9.94. The highest BCUT2D eigenvalue weighted by Crippen LogP contribution is 2.29. The maximum Gasteiger partial charge on any atom is 0.0946 e. The first-order chi connectivity index (χ1) is 7.13. The molecule has 1 aromatic carbocycles. The zero-order valence-electron chi connectivity index (χ0n) is 9.25. The Bertz CT molecular complexity index is 324. The van der Waals surface area contributed by atoms with Crippen molar-refractivity contribution in [3.8, 4) is 0 Å². The van der Waals surface area contributed by atoms with E-state index in [1.165, 1.54) is 5.56 Å². The van der Waals surface area contributed by atoms with E-state index >= 15 is 0 Å². The van der Waals surface area contributed by atoms with Crippen LogP contribution in [0.3, 0.4) is 0 Å². The molecule has 1 heterocycles. The molecule has 0 aliphatic carbocycles. The molecule has 0 spiro atoms. The molecule has 0 saturated carbocycles. The number of benzene rings is 1. The summed E-state index contributed by atoms with van der Waals surface area (Å²) < 4.78 is 0. The van der Waals surface area contributed by atoms with Crippen molar-refractivity contribution in [2.24, 2.45) is 0 Å². The number of hydrogen-bond acceptors (Lipinski definition) is 3. The molecule has 82 valence electrons. The van der Waals surface area contributed by atoms with Gasteiger partial charge < -0.3 is 15.7 Å². The number of fused-ring (bicyclic) bond motifs is 1. The Morgan fingerprint density at radius 3 is 2.93 bits per heavy atom. The van der Waals surface area contributed by atoms with Crippen molar-refractivity contribution < 1.29 is 5.11 Å². The van der Waals surface area contributed by atoms with Crippen LogP contribution in [0.4, 0.5) is 5.69 Å². The lowest BCUT2D eigenvalue weighted by molar-refractivity contribution is 0.0437. The molecule has 0 fully saturated rings. The fourth-order valence-electron chi connectivity index (χ4n) is 2.15. The van der Waals surface area contributed by atoms with Gasteiger partial charge in [0.15, 0.2) is 0 Å². The second kappa shape index (κ2) is 3.83. The summed E-state index contributed by atoms with van der Waals surface area (Å²) in [6, 6.07) is 8.32. The molecule has 3 N–H and O–H groups in total. The summed E-state index contributed by atoms with van der Waals surface area (Å²) in [5.41, 5.74) is 1.73. The standard InChI is InChI=1S/C12H18N2O/c1-12(15,8-13-2)11-7-9-5-3-4-6-10(9)14-11/h3-6,11,13-15H,7-8H2,1-2H3. The Labute approximate surface area is 90.5 Å². The molecule has 15 heavy (non-hydrogen) atoms. The molecule has 3 heteroatoms. The fourth-order valence-corrected chi connectivity index (χ4v) is 2.15. The molecule has 0 aromatic heterocycles. The van der Waals surface area contributed by atoms with Gasteiger partial charge in [0, 0.05) is 12.2 Å². The van der Waals surface area contributed by atoms with Gasteiger partial charge in [-0.05, 0) is 32.0 Å². The minimum absolute atomic E-state index is 0.0994. The zero-order valence-corrected chi connectivity index (χ0v) is 9.25. The number of para-hydroxylation sites is 1. The van der Waals surface area contributed by atoms with Crippen LogP contribution in [0.25, 0.3) is 0 Å². The molecule has 0 saturated heterocycles. The Morgan fingerprint density at radius 2 is 2.27 bits per heavy atom. The lowest BCUT2D eigenvalue weighted by Crippen LogP contribution is -2.49. The van der Waals surface area contributed by atoms with Gasteiger partial charge in [0.05, 0.1) is 11.6 Å². The average Bonchev–Trinajstić information content (AvgIpc) is 2.61. The number of anilines is 1. The van der Waals surface area contributed by atoms with Crippen molar-refractivity contribution in [3.63, 3.8) is 0 Å². The predicted octanol–water partition coefficient (Wildman–Crippen LogP) is 0.994. The van der Waals surface area contributed by atoms with E-state index in [4.69, 9.17) is 0 Å². The van der Waals surface area contributed by atoms with Gasteiger partial charge in [-0.1, -0.05) is 18.2 Å². The first-order valence-electron chi connectivity index (χ1n) is 5.35. The van der Waals surface area contributed by atoms with Crippen molar-refractivity contribution in [1.82, 2.24) is 5.32 Å². The fraction of sp³-hybridized carbons (Fsp3) is 0.500. The number of rotatable bonds is 3. The van der Waals surface area contributed by atoms with Crippen molar-refractivity contribution in [2.45, 2.75) is 25.0 Å². The van der Waals surface area contributed by atoms with Gasteiger partial charge in [0.2, 0.25) is 0 Å². The van der Waals surface area contributed by atoms with E-state index in [-0.39, 0.29) is 6.04 Å². The van der Waals surface area contributed by atoms with Crippen molar-refractivity contribution in [1.29, 1.82) is 0 Å². The second-order valence-electron chi connectivity index (χ2n) is 4.45. The van der Waals surface area contributed by atoms with Crippen LogP contribution in [0, 0.1) is 0 Å². The van der Waals surface area contributed by atoms with E-state index < -0.39 is 5.60 Å². The summed E-state index contributed by atoms with van der Waals surface area (Å²) >= 11 is 0. The van der Waals surface area contributed by atoms with Crippen LogP contribution in [0.5, 0.6) is 0 Å². The van der Waals surface area contributed by atoms with E-state index in [0.29, 0.717) is 6.54 Å². The van der Waals surface area contributed by atoms with Gasteiger partial charge in [-0.2, -0.15) is 0 Å². The van der Waals surface area contributed by atoms with Crippen molar-refractivity contribution >= 4 is 5.69 Å². The molecule has 1 aliphatic heterocycles. The van der Waals surface area contributed by atoms with Gasteiger partial charge >= 0.3 is 0 Å². The highest BCUT2D eigenvalue weighted by atomic mass is 16.3. The van der Waals surface area contributed by atoms with Crippen molar-refractivity contribution in [2.75, 3.05) is 18.9 Å². The molecular formula is C12H18N2O. The Kier molecular flexibility index (Phi) is 2.67. The Balaban J connectivity index is 2.13. The van der Waals surface area contributed by atoms with Crippen LogP contribution in [0.1, 0.15) is 12.5 Å². The van der Waals surface area contributed by atoms with Crippen LogP contribution in [0.15, 0.2) is 24.3 Å². The van der Waals surface area contributed by atoms with Crippen LogP contribution < -0.4 is 10.6 Å². The normalized spacial score (nSPS) is 23.0. The molecule has 0 bridgehead atoms. The van der Waals surface area contributed by atoms with Crippen LogP contribution in [0.2, 0.25) is 0 Å². The first kappa shape index (κ1) is 10.5. The van der Waals surface area contributed by atoms with Gasteiger partial charge in [0.1, 0.15) is 0 Å². The second-order valence-corrected chi connectivity index (χ2v) is 4.45. The molecule has 0 amide bonds. The Hall–Kier alpha value is -1.06. The summed E-state index contributed by atoms with van der Waals surface area (Å²) in [5, 5.41) is 16.7. The average molecular weight is 206 g/mol. The van der Waals surface area contributed by atoms with Gasteiger partial charge in [0.25, 0.3) is 0 Å². The summed E-state index contributed by atoms with van der Waals surface area (Å²) in [4.78, 5) is 0. The molecule has 2 rings (SSSR count). The number of hydrogen-bond donors (Lipinski definition) is 3. The third-order valence-corrected chi connectivity index (χ3v) is 3.06.